The van der Waals surface area contributed by atoms with Crippen LogP contribution < -0.4 is 9.96 Å². The fourth-order valence-corrected chi connectivity index (χ4v) is 19.8. The van der Waals surface area contributed by atoms with E-state index in [4.69, 9.17) is 0 Å². The Morgan fingerprint density at radius 1 is 0.564 bits per heavy atom. The molecule has 4 aliphatic carbocycles. The molecule has 2 fully saturated rings. The summed E-state index contributed by atoms with van der Waals surface area (Å²) in [6.07, 6.45) is 29.4. The summed E-state index contributed by atoms with van der Waals surface area (Å²) >= 11 is 0. The Kier molecular flexibility index (Phi) is 9.53. The molecule has 4 rings (SSSR count). The third kappa shape index (κ3) is 7.78. The van der Waals surface area contributed by atoms with Crippen LogP contribution >= 0.6 is 0 Å². The van der Waals surface area contributed by atoms with E-state index in [9.17, 15) is 0 Å². The molecule has 0 aliphatic heterocycles. The van der Waals surface area contributed by atoms with Crippen molar-refractivity contribution < 1.29 is 0 Å². The minimum Gasteiger partial charge on any atom is -0.332 e. The van der Waals surface area contributed by atoms with Crippen molar-refractivity contribution in [3.05, 3.63) is 48.6 Å². The molecule has 0 spiro atoms. The minimum atomic E-state index is -1.58. The summed E-state index contributed by atoms with van der Waals surface area (Å²) in [5.74, 6) is 4.80. The summed E-state index contributed by atoms with van der Waals surface area (Å²) in [7, 11) is -3.17. The van der Waals surface area contributed by atoms with Gasteiger partial charge >= 0.3 is 0 Å². The van der Waals surface area contributed by atoms with Gasteiger partial charge in [0.1, 0.15) is 16.5 Å². The van der Waals surface area contributed by atoms with E-state index in [0.717, 1.165) is 46.6 Å². The van der Waals surface area contributed by atoms with Crippen LogP contribution in [0.25, 0.3) is 0 Å². The highest BCUT2D eigenvalue weighted by molar-refractivity contribution is 6.77. The van der Waals surface area contributed by atoms with Gasteiger partial charge < -0.3 is 9.96 Å². The molecule has 4 heteroatoms. The van der Waals surface area contributed by atoms with Gasteiger partial charge in [0.15, 0.2) is 0 Å². The highest BCUT2D eigenvalue weighted by Crippen LogP contribution is 2.56. The molecular weight excluding hydrogens is 505 g/mol. The van der Waals surface area contributed by atoms with Crippen LogP contribution in [0.5, 0.6) is 0 Å². The SMILES string of the molecule is CC(C)(C)N[Si](C)(C)C1C(CCCCCC2CC3C=CC=CC3C2[Si](C)(C)NC(C)(C)C)CC2C=CC=CC21. The van der Waals surface area contributed by atoms with Gasteiger partial charge in [-0.25, -0.2) is 0 Å². The van der Waals surface area contributed by atoms with Gasteiger partial charge in [-0.2, -0.15) is 0 Å². The molecule has 2 saturated carbocycles. The molecule has 0 aromatic carbocycles. The van der Waals surface area contributed by atoms with E-state index < -0.39 is 16.5 Å². The standard InChI is InChI=1S/C35H62N2Si2/c1-34(2,3)36-38(7,8)32-28(24-26-18-14-16-22-30(26)32)20-12-11-13-21-29-25-27-19-15-17-23-31(27)33(29)39(9,10)37-35(4,5)6/h14-19,22-23,26-33,36-37H,11-13,20-21,24-25H2,1-10H3. The number of allylic oxidation sites excluding steroid dienone is 8. The summed E-state index contributed by atoms with van der Waals surface area (Å²) in [6.45, 7) is 24.6. The number of nitrogens with one attached hydrogen (secondary N) is 2. The van der Waals surface area contributed by atoms with Crippen molar-refractivity contribution in [3.8, 4) is 0 Å². The molecule has 8 unspecified atom stereocenters. The average Bonchev–Trinajstić information content (AvgIpc) is 3.34. The van der Waals surface area contributed by atoms with Crippen molar-refractivity contribution >= 4 is 16.5 Å². The van der Waals surface area contributed by atoms with Crippen molar-refractivity contribution in [2.45, 2.75) is 135 Å². The summed E-state index contributed by atoms with van der Waals surface area (Å²) < 4.78 is 0. The zero-order chi connectivity index (χ0) is 28.6. The Morgan fingerprint density at radius 2 is 0.923 bits per heavy atom. The van der Waals surface area contributed by atoms with Gasteiger partial charge in [-0.15, -0.1) is 0 Å². The first kappa shape index (κ1) is 31.3. The minimum absolute atomic E-state index is 0.199. The number of hydrogen-bond acceptors (Lipinski definition) is 2. The van der Waals surface area contributed by atoms with Crippen LogP contribution in [0.15, 0.2) is 48.6 Å². The zero-order valence-electron chi connectivity index (χ0n) is 27.2. The van der Waals surface area contributed by atoms with E-state index in [0.29, 0.717) is 0 Å². The smallest absolute Gasteiger partial charge is 0.123 e. The lowest BCUT2D eigenvalue weighted by Crippen LogP contribution is -2.58. The van der Waals surface area contributed by atoms with Crippen LogP contribution in [0, 0.1) is 35.5 Å². The fourth-order valence-electron chi connectivity index (χ4n) is 10.0. The molecule has 0 aromatic heterocycles. The van der Waals surface area contributed by atoms with Crippen molar-refractivity contribution in [2.24, 2.45) is 35.5 Å². The van der Waals surface area contributed by atoms with Crippen LogP contribution in [0.1, 0.15) is 86.5 Å². The predicted molar refractivity (Wildman–Crippen MR) is 178 cm³/mol. The molecule has 0 heterocycles. The van der Waals surface area contributed by atoms with Crippen molar-refractivity contribution in [1.82, 2.24) is 9.96 Å². The van der Waals surface area contributed by atoms with Crippen molar-refractivity contribution in [2.75, 3.05) is 0 Å². The van der Waals surface area contributed by atoms with Gasteiger partial charge in [0.25, 0.3) is 0 Å². The summed E-state index contributed by atoms with van der Waals surface area (Å²) in [5.41, 5.74) is 2.09. The molecule has 0 bridgehead atoms. The van der Waals surface area contributed by atoms with Crippen LogP contribution in [-0.4, -0.2) is 27.5 Å². The maximum atomic E-state index is 4.17. The lowest BCUT2D eigenvalue weighted by atomic mass is 9.92. The first-order chi connectivity index (χ1) is 18.1. The van der Waals surface area contributed by atoms with E-state index in [1.165, 1.54) is 44.9 Å². The van der Waals surface area contributed by atoms with Crippen LogP contribution in [-0.2, 0) is 0 Å². The summed E-state index contributed by atoms with van der Waals surface area (Å²) in [4.78, 5) is 8.33. The Labute approximate surface area is 244 Å². The zero-order valence-corrected chi connectivity index (χ0v) is 29.2. The van der Waals surface area contributed by atoms with Crippen LogP contribution in [0.2, 0.25) is 37.3 Å². The summed E-state index contributed by atoms with van der Waals surface area (Å²) in [5, 5.41) is 0. The number of hydrogen-bond donors (Lipinski definition) is 2. The first-order valence-electron chi connectivity index (χ1n) is 16.4. The van der Waals surface area contributed by atoms with Gasteiger partial charge in [-0.1, -0.05) is 107 Å². The second kappa shape index (κ2) is 11.9. The van der Waals surface area contributed by atoms with Gasteiger partial charge in [0.2, 0.25) is 0 Å². The van der Waals surface area contributed by atoms with E-state index >= 15 is 0 Å². The van der Waals surface area contributed by atoms with Gasteiger partial charge in [-0.05, 0) is 101 Å². The molecular formula is C35H62N2Si2. The van der Waals surface area contributed by atoms with Crippen molar-refractivity contribution in [3.63, 3.8) is 0 Å². The molecule has 220 valence electrons. The maximum absolute atomic E-state index is 4.17. The molecule has 0 radical (unpaired) electrons. The third-order valence-electron chi connectivity index (χ3n) is 10.3. The highest BCUT2D eigenvalue weighted by atomic mass is 28.3. The molecule has 2 nitrogen and oxygen atoms in total. The largest absolute Gasteiger partial charge is 0.332 e. The second-order valence-corrected chi connectivity index (χ2v) is 25.6. The quantitative estimate of drug-likeness (QED) is 0.203. The Morgan fingerprint density at radius 3 is 1.28 bits per heavy atom. The van der Waals surface area contributed by atoms with E-state index in [1.54, 1.807) is 0 Å². The van der Waals surface area contributed by atoms with Crippen molar-refractivity contribution in [1.29, 1.82) is 0 Å². The number of rotatable bonds is 10. The van der Waals surface area contributed by atoms with Gasteiger partial charge in [-0.3, -0.25) is 0 Å². The molecule has 0 saturated heterocycles. The number of unbranched alkanes of at least 4 members (excludes halogenated alkanes) is 2. The summed E-state index contributed by atoms with van der Waals surface area (Å²) in [6, 6.07) is 0. The first-order valence-corrected chi connectivity index (χ1v) is 22.5. The lowest BCUT2D eigenvalue weighted by molar-refractivity contribution is 0.405. The topological polar surface area (TPSA) is 24.1 Å². The molecule has 8 atom stereocenters. The molecule has 2 N–H and O–H groups in total. The number of fused-ring (bicyclic) bond motifs is 2. The predicted octanol–water partition coefficient (Wildman–Crippen LogP) is 9.62. The Balaban J connectivity index is 1.35. The molecule has 0 amide bonds. The maximum Gasteiger partial charge on any atom is 0.123 e. The third-order valence-corrected chi connectivity index (χ3v) is 18.1. The molecule has 4 aliphatic rings. The highest BCUT2D eigenvalue weighted by Gasteiger charge is 2.51. The second-order valence-electron chi connectivity index (χ2n) is 16.9. The average molecular weight is 567 g/mol. The Hall–Kier alpha value is -0.686. The fraction of sp³-hybridized carbons (Fsp3) is 0.771. The normalized spacial score (nSPS) is 34.5. The Bertz CT molecular complexity index is 869. The van der Waals surface area contributed by atoms with Gasteiger partial charge in [0.05, 0.1) is 0 Å². The molecule has 0 aromatic rings. The van der Waals surface area contributed by atoms with E-state index in [2.05, 4.69) is 126 Å². The van der Waals surface area contributed by atoms with Crippen LogP contribution in [0.4, 0.5) is 0 Å². The molecule has 39 heavy (non-hydrogen) atoms. The lowest BCUT2D eigenvalue weighted by Gasteiger charge is -2.43. The van der Waals surface area contributed by atoms with Gasteiger partial charge in [0, 0.05) is 11.1 Å². The van der Waals surface area contributed by atoms with E-state index in [-0.39, 0.29) is 11.1 Å². The monoisotopic (exact) mass is 566 g/mol. The van der Waals surface area contributed by atoms with E-state index in [1.807, 2.05) is 0 Å². The van der Waals surface area contributed by atoms with Crippen LogP contribution in [0.3, 0.4) is 0 Å².